The first-order valence-electron chi connectivity index (χ1n) is 8.03. The molecule has 0 aromatic carbocycles. The van der Waals surface area contributed by atoms with Gasteiger partial charge in [0.25, 0.3) is 5.56 Å². The summed E-state index contributed by atoms with van der Waals surface area (Å²) in [6.07, 6.45) is 3.51. The number of nitrogens with two attached hydrogens (primary N) is 1. The van der Waals surface area contributed by atoms with Crippen molar-refractivity contribution in [1.29, 1.82) is 0 Å². The Bertz CT molecular complexity index is 592. The van der Waals surface area contributed by atoms with Gasteiger partial charge in [-0.15, -0.1) is 0 Å². The molecule has 4 rings (SSSR count). The zero-order valence-electron chi connectivity index (χ0n) is 12.3. The van der Waals surface area contributed by atoms with E-state index >= 15 is 0 Å². The second-order valence-corrected chi connectivity index (χ2v) is 6.73. The van der Waals surface area contributed by atoms with Crippen LogP contribution in [0.4, 0.5) is 5.69 Å². The lowest BCUT2D eigenvalue weighted by molar-refractivity contribution is 0.00589. The van der Waals surface area contributed by atoms with E-state index in [0.29, 0.717) is 23.6 Å². The fraction of sp³-hybridized carbons (Fsp3) is 0.688. The number of aromatic nitrogens is 1. The Morgan fingerprint density at radius 3 is 2.76 bits per heavy atom. The molecule has 21 heavy (non-hydrogen) atoms. The van der Waals surface area contributed by atoms with Crippen molar-refractivity contribution in [2.45, 2.75) is 37.8 Å². The number of piperidine rings is 1. The van der Waals surface area contributed by atoms with Crippen LogP contribution in [0.15, 0.2) is 16.9 Å². The van der Waals surface area contributed by atoms with Crippen LogP contribution >= 0.6 is 0 Å². The molecule has 0 spiro atoms. The smallest absolute Gasteiger partial charge is 0.273 e. The van der Waals surface area contributed by atoms with Crippen LogP contribution in [0.5, 0.6) is 0 Å². The van der Waals surface area contributed by atoms with E-state index in [1.807, 2.05) is 4.57 Å². The van der Waals surface area contributed by atoms with Crippen LogP contribution < -0.4 is 11.3 Å². The van der Waals surface area contributed by atoms with Gasteiger partial charge in [-0.05, 0) is 37.3 Å². The number of anilines is 1. The Morgan fingerprint density at radius 2 is 1.95 bits per heavy atom. The molecular formula is C16H23N3O2. The molecule has 4 heterocycles. The predicted octanol–water partition coefficient (Wildman–Crippen LogP) is 1.03. The van der Waals surface area contributed by atoms with Gasteiger partial charge in [0.2, 0.25) is 0 Å². The Kier molecular flexibility index (Phi) is 3.27. The van der Waals surface area contributed by atoms with Gasteiger partial charge in [-0.3, -0.25) is 9.69 Å². The molecule has 0 radical (unpaired) electrons. The topological polar surface area (TPSA) is 60.5 Å². The van der Waals surface area contributed by atoms with Gasteiger partial charge in [0, 0.05) is 50.5 Å². The monoisotopic (exact) mass is 289 g/mol. The Labute approximate surface area is 124 Å². The van der Waals surface area contributed by atoms with Gasteiger partial charge in [-0.25, -0.2) is 0 Å². The molecule has 2 saturated heterocycles. The van der Waals surface area contributed by atoms with Crippen molar-refractivity contribution < 1.29 is 4.74 Å². The fourth-order valence-corrected chi connectivity index (χ4v) is 4.35. The molecule has 1 aromatic heterocycles. The summed E-state index contributed by atoms with van der Waals surface area (Å²) in [7, 11) is 0. The highest BCUT2D eigenvalue weighted by atomic mass is 16.5. The highest BCUT2D eigenvalue weighted by Gasteiger charge is 2.37. The van der Waals surface area contributed by atoms with Crippen molar-refractivity contribution in [3.05, 3.63) is 28.2 Å². The average Bonchev–Trinajstić information content (AvgIpc) is 2.52. The van der Waals surface area contributed by atoms with Gasteiger partial charge in [-0.1, -0.05) is 0 Å². The molecule has 2 bridgehead atoms. The van der Waals surface area contributed by atoms with E-state index in [9.17, 15) is 4.79 Å². The first kappa shape index (κ1) is 13.3. The molecule has 5 nitrogen and oxygen atoms in total. The molecule has 5 heteroatoms. The predicted molar refractivity (Wildman–Crippen MR) is 81.4 cm³/mol. The van der Waals surface area contributed by atoms with Crippen molar-refractivity contribution in [1.82, 2.24) is 9.47 Å². The minimum absolute atomic E-state index is 0.00159. The van der Waals surface area contributed by atoms with Crippen LogP contribution in [0.25, 0.3) is 0 Å². The molecule has 2 fully saturated rings. The number of hydrogen-bond acceptors (Lipinski definition) is 4. The summed E-state index contributed by atoms with van der Waals surface area (Å²) in [6, 6.07) is 4.50. The standard InChI is InChI=1S/C16H23N3O2/c17-14-1-2-15-12-7-11(9-19(15)16(14)20)8-18(10-12)13-3-5-21-6-4-13/h1-2,11-13H,3-10,17H2/t11-,12+/m0/s1. The zero-order chi connectivity index (χ0) is 14.4. The molecule has 0 aliphatic carbocycles. The number of nitrogen functional groups attached to an aromatic ring is 1. The van der Waals surface area contributed by atoms with E-state index in [-0.39, 0.29) is 5.56 Å². The van der Waals surface area contributed by atoms with Crippen molar-refractivity contribution in [2.75, 3.05) is 32.0 Å². The van der Waals surface area contributed by atoms with Gasteiger partial charge >= 0.3 is 0 Å². The first-order valence-corrected chi connectivity index (χ1v) is 8.03. The summed E-state index contributed by atoms with van der Waals surface area (Å²) in [4.78, 5) is 14.9. The van der Waals surface area contributed by atoms with Gasteiger partial charge in [0.15, 0.2) is 0 Å². The van der Waals surface area contributed by atoms with Gasteiger partial charge in [0.1, 0.15) is 0 Å². The van der Waals surface area contributed by atoms with Gasteiger partial charge < -0.3 is 15.0 Å². The Balaban J connectivity index is 1.61. The highest BCUT2D eigenvalue weighted by Crippen LogP contribution is 2.37. The summed E-state index contributed by atoms with van der Waals surface area (Å²) >= 11 is 0. The van der Waals surface area contributed by atoms with Crippen LogP contribution in [0, 0.1) is 5.92 Å². The number of hydrogen-bond donors (Lipinski definition) is 1. The summed E-state index contributed by atoms with van der Waals surface area (Å²) in [5, 5.41) is 0. The maximum atomic E-state index is 12.2. The molecule has 114 valence electrons. The second kappa shape index (κ2) is 5.14. The van der Waals surface area contributed by atoms with Crippen molar-refractivity contribution >= 4 is 5.69 Å². The van der Waals surface area contributed by atoms with E-state index in [0.717, 1.165) is 45.7 Å². The molecule has 0 saturated carbocycles. The van der Waals surface area contributed by atoms with Crippen LogP contribution in [0.1, 0.15) is 30.9 Å². The maximum absolute atomic E-state index is 12.2. The fourth-order valence-electron chi connectivity index (χ4n) is 4.35. The van der Waals surface area contributed by atoms with E-state index in [1.165, 1.54) is 12.1 Å². The molecule has 0 unspecified atom stereocenters. The molecule has 3 aliphatic heterocycles. The molecule has 2 atom stereocenters. The van der Waals surface area contributed by atoms with Crippen molar-refractivity contribution in [3.8, 4) is 0 Å². The third-order valence-electron chi connectivity index (χ3n) is 5.37. The molecular weight excluding hydrogens is 266 g/mol. The number of nitrogens with zero attached hydrogens (tertiary/aromatic N) is 2. The van der Waals surface area contributed by atoms with Gasteiger partial charge in [0.05, 0.1) is 5.69 Å². The maximum Gasteiger partial charge on any atom is 0.273 e. The lowest BCUT2D eigenvalue weighted by Crippen LogP contribution is -2.51. The summed E-state index contributed by atoms with van der Waals surface area (Å²) < 4.78 is 7.41. The normalized spacial score (nSPS) is 30.1. The van der Waals surface area contributed by atoms with E-state index in [4.69, 9.17) is 10.5 Å². The summed E-state index contributed by atoms with van der Waals surface area (Å²) in [6.45, 7) is 4.80. The number of rotatable bonds is 1. The molecule has 2 N–H and O–H groups in total. The van der Waals surface area contributed by atoms with Crippen molar-refractivity contribution in [3.63, 3.8) is 0 Å². The second-order valence-electron chi connectivity index (χ2n) is 6.73. The van der Waals surface area contributed by atoms with Crippen LogP contribution in [-0.4, -0.2) is 41.8 Å². The van der Waals surface area contributed by atoms with Gasteiger partial charge in [-0.2, -0.15) is 0 Å². The Hall–Kier alpha value is -1.33. The number of pyridine rings is 1. The van der Waals surface area contributed by atoms with E-state index in [2.05, 4.69) is 11.0 Å². The minimum atomic E-state index is 0.00159. The molecule has 3 aliphatic rings. The van der Waals surface area contributed by atoms with Crippen molar-refractivity contribution in [2.24, 2.45) is 5.92 Å². The van der Waals surface area contributed by atoms with E-state index in [1.54, 1.807) is 6.07 Å². The van der Waals surface area contributed by atoms with Crippen LogP contribution in [0.3, 0.4) is 0 Å². The number of fused-ring (bicyclic) bond motifs is 4. The first-order chi connectivity index (χ1) is 10.2. The summed E-state index contributed by atoms with van der Waals surface area (Å²) in [5.74, 6) is 1.06. The summed E-state index contributed by atoms with van der Waals surface area (Å²) in [5.41, 5.74) is 7.34. The SMILES string of the molecule is Nc1ccc2n(c1=O)C[C@H]1C[C@@H]2CN(C2CCOCC2)C1. The lowest BCUT2D eigenvalue weighted by Gasteiger charge is -2.46. The molecule has 1 aromatic rings. The highest BCUT2D eigenvalue weighted by molar-refractivity contribution is 5.37. The zero-order valence-corrected chi connectivity index (χ0v) is 12.3. The largest absolute Gasteiger partial charge is 0.394 e. The van der Waals surface area contributed by atoms with Crippen LogP contribution in [0.2, 0.25) is 0 Å². The minimum Gasteiger partial charge on any atom is -0.394 e. The quantitative estimate of drug-likeness (QED) is 0.839. The average molecular weight is 289 g/mol. The van der Waals surface area contributed by atoms with Crippen LogP contribution in [-0.2, 0) is 11.3 Å². The third-order valence-corrected chi connectivity index (χ3v) is 5.37. The van der Waals surface area contributed by atoms with E-state index < -0.39 is 0 Å². The Morgan fingerprint density at radius 1 is 1.14 bits per heavy atom. The third kappa shape index (κ3) is 2.28. The lowest BCUT2D eigenvalue weighted by atomic mass is 9.82. The molecule has 0 amide bonds. The number of ether oxygens (including phenoxy) is 1. The number of likely N-dealkylation sites (tertiary alicyclic amines) is 1.